The van der Waals surface area contributed by atoms with Crippen molar-refractivity contribution in [2.45, 2.75) is 38.9 Å². The summed E-state index contributed by atoms with van der Waals surface area (Å²) in [5.74, 6) is 1.01. The first-order valence-electron chi connectivity index (χ1n) is 5.30. The Morgan fingerprint density at radius 2 is 1.93 bits per heavy atom. The quantitative estimate of drug-likeness (QED) is 0.616. The Morgan fingerprint density at radius 1 is 1.33 bits per heavy atom. The maximum absolute atomic E-state index is 4.39. The Balaban J connectivity index is 2.50. The molecule has 1 N–H and O–H groups in total. The molecule has 0 amide bonds. The second-order valence-corrected chi connectivity index (χ2v) is 4.69. The zero-order valence-corrected chi connectivity index (χ0v) is 10.7. The van der Waals surface area contributed by atoms with E-state index in [1.807, 2.05) is 19.9 Å². The van der Waals surface area contributed by atoms with Crippen molar-refractivity contribution in [2.75, 3.05) is 12.3 Å². The summed E-state index contributed by atoms with van der Waals surface area (Å²) in [6, 6.07) is 2.50. The highest BCUT2D eigenvalue weighted by Gasteiger charge is 2.04. The molecule has 1 rings (SSSR count). The van der Waals surface area contributed by atoms with Crippen molar-refractivity contribution in [1.82, 2.24) is 15.3 Å². The molecule has 1 aromatic heterocycles. The third-order valence-corrected chi connectivity index (χ3v) is 3.08. The maximum Gasteiger partial charge on any atom is 0.188 e. The van der Waals surface area contributed by atoms with Crippen LogP contribution in [0.3, 0.4) is 0 Å². The summed E-state index contributed by atoms with van der Waals surface area (Å²) in [5.41, 5.74) is 2.09. The minimum atomic E-state index is 0.504. The van der Waals surface area contributed by atoms with Gasteiger partial charge in [0.2, 0.25) is 0 Å². The first kappa shape index (κ1) is 12.5. The van der Waals surface area contributed by atoms with Crippen molar-refractivity contribution in [3.63, 3.8) is 0 Å². The van der Waals surface area contributed by atoms with Crippen molar-refractivity contribution >= 4 is 11.8 Å². The number of hydrogen-bond donors (Lipinski definition) is 1. The molecule has 0 aliphatic carbocycles. The number of aromatic nitrogens is 2. The molecule has 1 heterocycles. The smallest absolute Gasteiger partial charge is 0.188 e. The molecule has 0 radical (unpaired) electrons. The van der Waals surface area contributed by atoms with E-state index in [1.165, 1.54) is 0 Å². The molecule has 0 aromatic carbocycles. The molecule has 1 aromatic rings. The molecule has 4 heteroatoms. The molecular weight excluding hydrogens is 206 g/mol. The molecule has 0 saturated carbocycles. The number of nitrogens with zero attached hydrogens (tertiary/aromatic N) is 2. The summed E-state index contributed by atoms with van der Waals surface area (Å²) in [4.78, 5) is 8.78. The van der Waals surface area contributed by atoms with Gasteiger partial charge in [-0.25, -0.2) is 9.97 Å². The minimum Gasteiger partial charge on any atom is -0.314 e. The lowest BCUT2D eigenvalue weighted by atomic mass is 10.4. The van der Waals surface area contributed by atoms with Gasteiger partial charge >= 0.3 is 0 Å². The number of aryl methyl sites for hydroxylation is 2. The lowest BCUT2D eigenvalue weighted by Gasteiger charge is -2.10. The van der Waals surface area contributed by atoms with Crippen LogP contribution in [0, 0.1) is 13.8 Å². The second kappa shape index (κ2) is 6.08. The van der Waals surface area contributed by atoms with Crippen molar-refractivity contribution in [3.05, 3.63) is 17.5 Å². The van der Waals surface area contributed by atoms with Crippen LogP contribution in [0.4, 0.5) is 0 Å². The van der Waals surface area contributed by atoms with Gasteiger partial charge in [-0.1, -0.05) is 18.7 Å². The molecule has 0 bridgehead atoms. The Morgan fingerprint density at radius 3 is 2.47 bits per heavy atom. The summed E-state index contributed by atoms with van der Waals surface area (Å²) in [6.45, 7) is 9.32. The monoisotopic (exact) mass is 225 g/mol. The van der Waals surface area contributed by atoms with Crippen LogP contribution in [0.1, 0.15) is 25.2 Å². The van der Waals surface area contributed by atoms with Crippen LogP contribution in [0.15, 0.2) is 11.2 Å². The molecule has 84 valence electrons. The van der Waals surface area contributed by atoms with Crippen molar-refractivity contribution in [3.8, 4) is 0 Å². The van der Waals surface area contributed by atoms with E-state index in [0.717, 1.165) is 28.8 Å². The Hall–Kier alpha value is -0.610. The van der Waals surface area contributed by atoms with E-state index >= 15 is 0 Å². The van der Waals surface area contributed by atoms with Gasteiger partial charge in [0.1, 0.15) is 0 Å². The van der Waals surface area contributed by atoms with Gasteiger partial charge in [-0.2, -0.15) is 0 Å². The molecule has 1 atom stereocenters. The second-order valence-electron chi connectivity index (χ2n) is 3.70. The molecule has 0 aliphatic rings. The van der Waals surface area contributed by atoms with Gasteiger partial charge in [-0.15, -0.1) is 0 Å². The van der Waals surface area contributed by atoms with E-state index in [2.05, 4.69) is 29.1 Å². The van der Waals surface area contributed by atoms with Crippen LogP contribution in [0.5, 0.6) is 0 Å². The summed E-state index contributed by atoms with van der Waals surface area (Å²) in [6.07, 6.45) is 0. The lowest BCUT2D eigenvalue weighted by Crippen LogP contribution is -2.27. The molecule has 3 nitrogen and oxygen atoms in total. The normalized spacial score (nSPS) is 12.8. The van der Waals surface area contributed by atoms with E-state index in [0.29, 0.717) is 6.04 Å². The van der Waals surface area contributed by atoms with Gasteiger partial charge < -0.3 is 5.32 Å². The van der Waals surface area contributed by atoms with Gasteiger partial charge in [0.25, 0.3) is 0 Å². The Labute approximate surface area is 96.1 Å². The minimum absolute atomic E-state index is 0.504. The van der Waals surface area contributed by atoms with E-state index in [-0.39, 0.29) is 0 Å². The number of nitrogens with one attached hydrogen (secondary N) is 1. The van der Waals surface area contributed by atoms with Crippen molar-refractivity contribution in [2.24, 2.45) is 0 Å². The van der Waals surface area contributed by atoms with Crippen molar-refractivity contribution in [1.29, 1.82) is 0 Å². The van der Waals surface area contributed by atoms with Crippen LogP contribution in [0.25, 0.3) is 0 Å². The molecule has 0 spiro atoms. The third-order valence-electron chi connectivity index (χ3n) is 1.98. The average molecular weight is 225 g/mol. The fraction of sp³-hybridized carbons (Fsp3) is 0.636. The SMILES string of the molecule is CCNC(C)CSc1nc(C)cc(C)n1. The van der Waals surface area contributed by atoms with Crippen LogP contribution >= 0.6 is 11.8 Å². The molecule has 1 unspecified atom stereocenters. The van der Waals surface area contributed by atoms with Crippen LogP contribution in [-0.2, 0) is 0 Å². The summed E-state index contributed by atoms with van der Waals surface area (Å²) >= 11 is 1.71. The predicted octanol–water partition coefficient (Wildman–Crippen LogP) is 2.18. The fourth-order valence-corrected chi connectivity index (χ4v) is 2.30. The van der Waals surface area contributed by atoms with Gasteiger partial charge in [-0.05, 0) is 33.4 Å². The van der Waals surface area contributed by atoms with Crippen molar-refractivity contribution < 1.29 is 0 Å². The standard InChI is InChI=1S/C11H19N3S/c1-5-12-10(4)7-15-11-13-8(2)6-9(3)14-11/h6,10,12H,5,7H2,1-4H3. The van der Waals surface area contributed by atoms with Crippen LogP contribution in [0.2, 0.25) is 0 Å². The van der Waals surface area contributed by atoms with Gasteiger partial charge in [0.05, 0.1) is 0 Å². The zero-order chi connectivity index (χ0) is 11.3. The Bertz CT molecular complexity index is 294. The van der Waals surface area contributed by atoms with E-state index in [9.17, 15) is 0 Å². The fourth-order valence-electron chi connectivity index (χ4n) is 1.37. The highest BCUT2D eigenvalue weighted by atomic mass is 32.2. The topological polar surface area (TPSA) is 37.8 Å². The molecular formula is C11H19N3S. The van der Waals surface area contributed by atoms with Gasteiger partial charge in [0, 0.05) is 23.2 Å². The van der Waals surface area contributed by atoms with E-state index < -0.39 is 0 Å². The molecule has 0 aliphatic heterocycles. The highest BCUT2D eigenvalue weighted by Crippen LogP contribution is 2.14. The number of hydrogen-bond acceptors (Lipinski definition) is 4. The summed E-state index contributed by atoms with van der Waals surface area (Å²) in [5, 5.41) is 4.25. The summed E-state index contributed by atoms with van der Waals surface area (Å²) < 4.78 is 0. The predicted molar refractivity (Wildman–Crippen MR) is 65.4 cm³/mol. The first-order valence-corrected chi connectivity index (χ1v) is 6.29. The molecule has 15 heavy (non-hydrogen) atoms. The Kier molecular flexibility index (Phi) is 5.05. The lowest BCUT2D eigenvalue weighted by molar-refractivity contribution is 0.619. The maximum atomic E-state index is 4.39. The number of rotatable bonds is 5. The first-order chi connectivity index (χ1) is 7.11. The van der Waals surface area contributed by atoms with Crippen LogP contribution in [-0.4, -0.2) is 28.3 Å². The summed E-state index contributed by atoms with van der Waals surface area (Å²) in [7, 11) is 0. The van der Waals surface area contributed by atoms with Gasteiger partial charge in [-0.3, -0.25) is 0 Å². The third kappa shape index (κ3) is 4.62. The largest absolute Gasteiger partial charge is 0.314 e. The van der Waals surface area contributed by atoms with E-state index in [1.54, 1.807) is 11.8 Å². The molecule has 0 fully saturated rings. The van der Waals surface area contributed by atoms with E-state index in [4.69, 9.17) is 0 Å². The highest BCUT2D eigenvalue weighted by molar-refractivity contribution is 7.99. The van der Waals surface area contributed by atoms with Crippen LogP contribution < -0.4 is 5.32 Å². The number of thioether (sulfide) groups is 1. The van der Waals surface area contributed by atoms with Gasteiger partial charge in [0.15, 0.2) is 5.16 Å². The average Bonchev–Trinajstić information content (AvgIpc) is 2.14. The zero-order valence-electron chi connectivity index (χ0n) is 9.87. The molecule has 0 saturated heterocycles.